The van der Waals surface area contributed by atoms with E-state index in [0.29, 0.717) is 0 Å². The van der Waals surface area contributed by atoms with Crippen LogP contribution in [0.25, 0.3) is 0 Å². The molecule has 0 amide bonds. The Labute approximate surface area is 106 Å². The number of nitrogens with zero attached hydrogens (tertiary/aromatic N) is 1. The van der Waals surface area contributed by atoms with E-state index in [1.54, 1.807) is 20.8 Å². The second-order valence-corrected chi connectivity index (χ2v) is 5.04. The highest BCUT2D eigenvalue weighted by atomic mass is 16.5. The van der Waals surface area contributed by atoms with Crippen molar-refractivity contribution in [3.63, 3.8) is 0 Å². The molecule has 0 aliphatic heterocycles. The molecule has 5 atom stereocenters. The molecule has 0 fully saturated rings. The first-order chi connectivity index (χ1) is 8.10. The van der Waals surface area contributed by atoms with E-state index in [-0.39, 0.29) is 6.61 Å². The molecule has 0 spiro atoms. The van der Waals surface area contributed by atoms with E-state index < -0.39 is 36.1 Å². The summed E-state index contributed by atoms with van der Waals surface area (Å²) in [5.41, 5.74) is -0.531. The molecule has 0 radical (unpaired) electrons. The monoisotopic (exact) mass is 263 g/mol. The predicted octanol–water partition coefficient (Wildman–Crippen LogP) is -1.87. The van der Waals surface area contributed by atoms with Crippen LogP contribution in [0.1, 0.15) is 20.8 Å². The van der Waals surface area contributed by atoms with E-state index in [1.807, 2.05) is 0 Å². The van der Waals surface area contributed by atoms with Gasteiger partial charge in [0.05, 0.1) is 18.3 Å². The third-order valence-electron chi connectivity index (χ3n) is 2.24. The van der Waals surface area contributed by atoms with Gasteiger partial charge < -0.3 is 30.3 Å². The van der Waals surface area contributed by atoms with Gasteiger partial charge in [-0.3, -0.25) is 0 Å². The minimum Gasteiger partial charge on any atom is -0.388 e. The molecular weight excluding hydrogens is 242 g/mol. The van der Waals surface area contributed by atoms with Crippen molar-refractivity contribution in [1.29, 1.82) is 5.26 Å². The summed E-state index contributed by atoms with van der Waals surface area (Å²) in [4.78, 5) is 0. The Morgan fingerprint density at radius 3 is 1.89 bits per heavy atom. The smallest absolute Gasteiger partial charge is 0.168 e. The summed E-state index contributed by atoms with van der Waals surface area (Å²) in [5, 5.41) is 55.2. The number of aliphatic hydroxyl groups is 5. The molecule has 0 aromatic rings. The molecule has 7 heteroatoms. The molecule has 0 rings (SSSR count). The Balaban J connectivity index is 4.37. The Bertz CT molecular complexity index is 284. The lowest BCUT2D eigenvalue weighted by molar-refractivity contribution is -0.148. The Morgan fingerprint density at radius 1 is 1.00 bits per heavy atom. The number of ether oxygens (including phenoxy) is 1. The fourth-order valence-corrected chi connectivity index (χ4v) is 1.13. The molecule has 18 heavy (non-hydrogen) atoms. The fraction of sp³-hybridized carbons (Fsp3) is 0.909. The van der Waals surface area contributed by atoms with Crippen LogP contribution in [0.3, 0.4) is 0 Å². The highest BCUT2D eigenvalue weighted by Gasteiger charge is 2.34. The van der Waals surface area contributed by atoms with Crippen molar-refractivity contribution >= 4 is 0 Å². The molecular formula is C11H21NO6. The van der Waals surface area contributed by atoms with E-state index in [2.05, 4.69) is 0 Å². The molecule has 0 saturated heterocycles. The van der Waals surface area contributed by atoms with Crippen molar-refractivity contribution in [2.75, 3.05) is 6.61 Å². The first-order valence-corrected chi connectivity index (χ1v) is 5.54. The molecule has 0 aromatic carbocycles. The van der Waals surface area contributed by atoms with Gasteiger partial charge in [-0.05, 0) is 20.8 Å². The lowest BCUT2D eigenvalue weighted by atomic mass is 10.00. The van der Waals surface area contributed by atoms with Gasteiger partial charge in [-0.1, -0.05) is 0 Å². The molecule has 7 nitrogen and oxygen atoms in total. The fourth-order valence-electron chi connectivity index (χ4n) is 1.13. The van der Waals surface area contributed by atoms with Crippen molar-refractivity contribution in [2.24, 2.45) is 0 Å². The summed E-state index contributed by atoms with van der Waals surface area (Å²) in [6.07, 6.45) is -8.73. The number of hydrogen-bond donors (Lipinski definition) is 5. The SMILES string of the molecule is CC(C)(C)OCC(O)[C@@H](O)[C@H](O)C(O)[C@H](O)C#N. The predicted molar refractivity (Wildman–Crippen MR) is 61.4 cm³/mol. The average Bonchev–Trinajstić information content (AvgIpc) is 2.31. The zero-order chi connectivity index (χ0) is 14.5. The standard InChI is InChI=1S/C11H21NO6/c1-11(2,3)18-5-7(14)9(16)10(17)8(15)6(13)4-12/h6-10,13-17H,5H2,1-3H3/t6-,7?,8?,9-,10-/m1/s1. The lowest BCUT2D eigenvalue weighted by Crippen LogP contribution is -2.50. The maximum atomic E-state index is 9.54. The van der Waals surface area contributed by atoms with E-state index >= 15 is 0 Å². The third kappa shape index (κ3) is 5.73. The van der Waals surface area contributed by atoms with Crippen LogP contribution in [0.5, 0.6) is 0 Å². The highest BCUT2D eigenvalue weighted by molar-refractivity contribution is 4.94. The van der Waals surface area contributed by atoms with Gasteiger partial charge in [0.25, 0.3) is 0 Å². The van der Waals surface area contributed by atoms with Gasteiger partial charge >= 0.3 is 0 Å². The molecule has 0 bridgehead atoms. The van der Waals surface area contributed by atoms with Gasteiger partial charge in [-0.25, -0.2) is 0 Å². The van der Waals surface area contributed by atoms with Crippen LogP contribution in [0.15, 0.2) is 0 Å². The Morgan fingerprint density at radius 2 is 1.50 bits per heavy atom. The number of rotatable bonds is 6. The summed E-state index contributed by atoms with van der Waals surface area (Å²) in [5.74, 6) is 0. The van der Waals surface area contributed by atoms with Gasteiger partial charge in [0.15, 0.2) is 6.10 Å². The second kappa shape index (κ2) is 6.99. The highest BCUT2D eigenvalue weighted by Crippen LogP contribution is 2.12. The van der Waals surface area contributed by atoms with E-state index in [4.69, 9.17) is 15.1 Å². The first kappa shape index (κ1) is 17.2. The number of aliphatic hydroxyl groups excluding tert-OH is 5. The maximum Gasteiger partial charge on any atom is 0.168 e. The first-order valence-electron chi connectivity index (χ1n) is 5.54. The maximum absolute atomic E-state index is 9.54. The van der Waals surface area contributed by atoms with E-state index in [0.717, 1.165) is 0 Å². The van der Waals surface area contributed by atoms with Gasteiger partial charge in [0, 0.05) is 0 Å². The van der Waals surface area contributed by atoms with Crippen LogP contribution in [0, 0.1) is 11.3 Å². The normalized spacial score (nSPS) is 20.6. The van der Waals surface area contributed by atoms with Gasteiger partial charge in [0.2, 0.25) is 0 Å². The number of hydrogen-bond acceptors (Lipinski definition) is 7. The largest absolute Gasteiger partial charge is 0.388 e. The second-order valence-electron chi connectivity index (χ2n) is 5.04. The van der Waals surface area contributed by atoms with Crippen LogP contribution in [0.2, 0.25) is 0 Å². The van der Waals surface area contributed by atoms with Crippen LogP contribution < -0.4 is 0 Å². The Kier molecular flexibility index (Phi) is 6.70. The van der Waals surface area contributed by atoms with Crippen molar-refractivity contribution in [3.8, 4) is 6.07 Å². The molecule has 106 valence electrons. The Hall–Kier alpha value is -0.750. The topological polar surface area (TPSA) is 134 Å². The zero-order valence-electron chi connectivity index (χ0n) is 10.7. The molecule has 0 aliphatic carbocycles. The minimum absolute atomic E-state index is 0.253. The van der Waals surface area contributed by atoms with E-state index in [9.17, 15) is 20.4 Å². The van der Waals surface area contributed by atoms with Crippen LogP contribution in [0.4, 0.5) is 0 Å². The van der Waals surface area contributed by atoms with E-state index in [1.165, 1.54) is 6.07 Å². The van der Waals surface area contributed by atoms with Crippen molar-refractivity contribution in [3.05, 3.63) is 0 Å². The summed E-state index contributed by atoms with van der Waals surface area (Å²) in [6, 6.07) is 1.32. The van der Waals surface area contributed by atoms with Gasteiger partial charge in [-0.2, -0.15) is 5.26 Å². The molecule has 0 saturated carbocycles. The molecule has 0 aromatic heterocycles. The van der Waals surface area contributed by atoms with Crippen LogP contribution in [-0.2, 0) is 4.74 Å². The average molecular weight is 263 g/mol. The van der Waals surface area contributed by atoms with Crippen LogP contribution in [-0.4, -0.2) is 68.3 Å². The summed E-state index contributed by atoms with van der Waals surface area (Å²) >= 11 is 0. The van der Waals surface area contributed by atoms with Crippen molar-refractivity contribution < 1.29 is 30.3 Å². The van der Waals surface area contributed by atoms with Crippen molar-refractivity contribution in [2.45, 2.75) is 56.9 Å². The third-order valence-corrected chi connectivity index (χ3v) is 2.24. The summed E-state index contributed by atoms with van der Waals surface area (Å²) in [7, 11) is 0. The zero-order valence-corrected chi connectivity index (χ0v) is 10.7. The number of nitriles is 1. The summed E-state index contributed by atoms with van der Waals surface area (Å²) in [6.45, 7) is 4.99. The molecule has 0 aliphatic rings. The molecule has 2 unspecified atom stereocenters. The molecule has 0 heterocycles. The van der Waals surface area contributed by atoms with Gasteiger partial charge in [0.1, 0.15) is 24.4 Å². The van der Waals surface area contributed by atoms with Crippen LogP contribution >= 0.6 is 0 Å². The summed E-state index contributed by atoms with van der Waals surface area (Å²) < 4.78 is 5.20. The van der Waals surface area contributed by atoms with Crippen molar-refractivity contribution in [1.82, 2.24) is 0 Å². The quantitative estimate of drug-likeness (QED) is 0.354. The minimum atomic E-state index is -1.87. The van der Waals surface area contributed by atoms with Gasteiger partial charge in [-0.15, -0.1) is 0 Å². The lowest BCUT2D eigenvalue weighted by Gasteiger charge is -2.29. The molecule has 5 N–H and O–H groups in total.